The first kappa shape index (κ1) is 13.5. The van der Waals surface area contributed by atoms with Crippen LogP contribution >= 0.6 is 23.1 Å². The third-order valence-corrected chi connectivity index (χ3v) is 4.92. The maximum Gasteiger partial charge on any atom is 0.188 e. The van der Waals surface area contributed by atoms with E-state index in [1.807, 2.05) is 37.0 Å². The highest BCUT2D eigenvalue weighted by Crippen LogP contribution is 2.38. The van der Waals surface area contributed by atoms with Crippen LogP contribution in [0.1, 0.15) is 25.1 Å². The summed E-state index contributed by atoms with van der Waals surface area (Å²) in [6.07, 6.45) is 1.85. The molecule has 0 fully saturated rings. The van der Waals surface area contributed by atoms with Gasteiger partial charge in [0, 0.05) is 17.3 Å². The lowest BCUT2D eigenvalue weighted by Crippen LogP contribution is -2.14. The number of pyridine rings is 1. The minimum Gasteiger partial charge on any atom is -0.376 e. The lowest BCUT2D eigenvalue weighted by atomic mass is 10.3. The van der Waals surface area contributed by atoms with Crippen LogP contribution in [0.4, 0.5) is 10.9 Å². The molecule has 0 aromatic carbocycles. The number of hydrogen-bond donors (Lipinski definition) is 2. The Labute approximate surface area is 126 Å². The van der Waals surface area contributed by atoms with Crippen molar-refractivity contribution in [3.63, 3.8) is 0 Å². The number of rotatable bonds is 3. The summed E-state index contributed by atoms with van der Waals surface area (Å²) in [7, 11) is 0. The summed E-state index contributed by atoms with van der Waals surface area (Å²) in [4.78, 5) is 10.2. The molecule has 1 unspecified atom stereocenters. The minimum atomic E-state index is 0.418. The second-order valence-electron chi connectivity index (χ2n) is 4.74. The summed E-state index contributed by atoms with van der Waals surface area (Å²) in [5.74, 6) is 0.827. The molecule has 0 saturated heterocycles. The molecule has 104 valence electrons. The Hall–Kier alpha value is -1.53. The van der Waals surface area contributed by atoms with Crippen molar-refractivity contribution >= 4 is 39.0 Å². The highest BCUT2D eigenvalue weighted by atomic mass is 32.2. The molecule has 3 rings (SSSR count). The molecule has 3 heterocycles. The Balaban J connectivity index is 1.77. The fourth-order valence-electron chi connectivity index (χ4n) is 2.00. The molecular weight excluding hydrogens is 288 g/mol. The summed E-state index contributed by atoms with van der Waals surface area (Å²) in [6, 6.07) is 4.00. The molecule has 1 atom stereocenters. The predicted octanol–water partition coefficient (Wildman–Crippen LogP) is 3.96. The number of nitrogens with zero attached hydrogens (tertiary/aromatic N) is 2. The van der Waals surface area contributed by atoms with Gasteiger partial charge in [-0.25, -0.2) is 9.97 Å². The number of nitrogens with one attached hydrogen (secondary N) is 2. The monoisotopic (exact) mass is 304 g/mol. The summed E-state index contributed by atoms with van der Waals surface area (Å²) in [6.45, 7) is 6.28. The fraction of sp³-hybridized carbons (Fsp3) is 0.286. The number of hydrogen-bond acceptors (Lipinski definition) is 6. The Morgan fingerprint density at radius 3 is 2.80 bits per heavy atom. The molecule has 6 heteroatoms. The van der Waals surface area contributed by atoms with Gasteiger partial charge in [0.05, 0.1) is 16.0 Å². The first-order valence-corrected chi connectivity index (χ1v) is 8.17. The third-order valence-electron chi connectivity index (χ3n) is 2.94. The van der Waals surface area contributed by atoms with Gasteiger partial charge in [0.1, 0.15) is 5.82 Å². The molecule has 1 aliphatic heterocycles. The minimum absolute atomic E-state index is 0.418. The molecule has 2 aromatic heterocycles. The number of aryl methyl sites for hydroxylation is 1. The SMILES string of the molecule is CC1=C(c2csc(Nc3ccc(C)cn3)n2)SC(C)N1. The Morgan fingerprint density at radius 2 is 2.15 bits per heavy atom. The molecule has 2 aromatic rings. The van der Waals surface area contributed by atoms with Gasteiger partial charge in [0.25, 0.3) is 0 Å². The van der Waals surface area contributed by atoms with Gasteiger partial charge in [-0.15, -0.1) is 11.3 Å². The molecule has 2 N–H and O–H groups in total. The van der Waals surface area contributed by atoms with E-state index in [0.717, 1.165) is 22.2 Å². The van der Waals surface area contributed by atoms with Gasteiger partial charge in [-0.05, 0) is 32.4 Å². The molecule has 0 radical (unpaired) electrons. The maximum atomic E-state index is 4.64. The van der Waals surface area contributed by atoms with Crippen molar-refractivity contribution in [1.82, 2.24) is 15.3 Å². The van der Waals surface area contributed by atoms with E-state index in [-0.39, 0.29) is 0 Å². The van der Waals surface area contributed by atoms with Crippen molar-refractivity contribution in [3.05, 3.63) is 40.7 Å². The Morgan fingerprint density at radius 1 is 1.30 bits per heavy atom. The number of thiazole rings is 1. The predicted molar refractivity (Wildman–Crippen MR) is 87.2 cm³/mol. The van der Waals surface area contributed by atoms with Gasteiger partial charge in [0.2, 0.25) is 0 Å². The van der Waals surface area contributed by atoms with E-state index in [0.29, 0.717) is 5.37 Å². The fourth-order valence-corrected chi connectivity index (χ4v) is 3.84. The highest BCUT2D eigenvalue weighted by molar-refractivity contribution is 8.09. The largest absolute Gasteiger partial charge is 0.376 e. The van der Waals surface area contributed by atoms with Gasteiger partial charge >= 0.3 is 0 Å². The van der Waals surface area contributed by atoms with Crippen molar-refractivity contribution in [3.8, 4) is 0 Å². The highest BCUT2D eigenvalue weighted by Gasteiger charge is 2.21. The van der Waals surface area contributed by atoms with E-state index < -0.39 is 0 Å². The van der Waals surface area contributed by atoms with Crippen LogP contribution < -0.4 is 10.6 Å². The zero-order valence-electron chi connectivity index (χ0n) is 11.6. The van der Waals surface area contributed by atoms with Crippen LogP contribution in [0.3, 0.4) is 0 Å². The molecule has 1 aliphatic rings. The zero-order valence-corrected chi connectivity index (χ0v) is 13.2. The summed E-state index contributed by atoms with van der Waals surface area (Å²) < 4.78 is 0. The summed E-state index contributed by atoms with van der Waals surface area (Å²) in [5.41, 5.74) is 3.38. The number of aromatic nitrogens is 2. The van der Waals surface area contributed by atoms with Crippen molar-refractivity contribution in [2.75, 3.05) is 5.32 Å². The zero-order chi connectivity index (χ0) is 14.1. The van der Waals surface area contributed by atoms with Gasteiger partial charge < -0.3 is 10.6 Å². The lowest BCUT2D eigenvalue weighted by molar-refractivity contribution is 0.823. The van der Waals surface area contributed by atoms with Crippen molar-refractivity contribution in [2.24, 2.45) is 0 Å². The molecule has 4 nitrogen and oxygen atoms in total. The van der Waals surface area contributed by atoms with Crippen molar-refractivity contribution in [2.45, 2.75) is 26.1 Å². The topological polar surface area (TPSA) is 49.8 Å². The standard InChI is InChI=1S/C14H16N4S2/c1-8-4-5-12(15-6-8)18-14-17-11(7-19-14)13-9(2)16-10(3)20-13/h4-7,10,16H,1-3H3,(H,15,17,18). The van der Waals surface area contributed by atoms with Crippen molar-refractivity contribution in [1.29, 1.82) is 0 Å². The number of allylic oxidation sites excluding steroid dienone is 1. The number of anilines is 2. The van der Waals surface area contributed by atoms with Gasteiger partial charge in [-0.2, -0.15) is 0 Å². The third kappa shape index (κ3) is 2.81. The average Bonchev–Trinajstić information content (AvgIpc) is 2.99. The van der Waals surface area contributed by atoms with Gasteiger partial charge in [0.15, 0.2) is 5.13 Å². The van der Waals surface area contributed by atoms with Gasteiger partial charge in [-0.1, -0.05) is 17.8 Å². The molecule has 0 aliphatic carbocycles. The Kier molecular flexibility index (Phi) is 3.67. The van der Waals surface area contributed by atoms with Crippen LogP contribution in [0.5, 0.6) is 0 Å². The molecule has 0 bridgehead atoms. The molecule has 0 saturated carbocycles. The lowest BCUT2D eigenvalue weighted by Gasteiger charge is -2.01. The van der Waals surface area contributed by atoms with E-state index in [1.165, 1.54) is 10.6 Å². The molecule has 20 heavy (non-hydrogen) atoms. The quantitative estimate of drug-likeness (QED) is 0.899. The molecule has 0 amide bonds. The van der Waals surface area contributed by atoms with Crippen LogP contribution in [0.2, 0.25) is 0 Å². The second kappa shape index (κ2) is 5.46. The van der Waals surface area contributed by atoms with E-state index in [9.17, 15) is 0 Å². The normalized spacial score (nSPS) is 18.2. The maximum absolute atomic E-state index is 4.64. The average molecular weight is 304 g/mol. The van der Waals surface area contributed by atoms with E-state index in [4.69, 9.17) is 0 Å². The van der Waals surface area contributed by atoms with Crippen LogP contribution in [0.25, 0.3) is 4.91 Å². The van der Waals surface area contributed by atoms with Crippen LogP contribution in [0, 0.1) is 6.92 Å². The van der Waals surface area contributed by atoms with Crippen LogP contribution in [-0.2, 0) is 0 Å². The smallest absolute Gasteiger partial charge is 0.188 e. The van der Waals surface area contributed by atoms with E-state index in [1.54, 1.807) is 11.3 Å². The summed E-state index contributed by atoms with van der Waals surface area (Å²) in [5, 5.41) is 10.0. The van der Waals surface area contributed by atoms with Crippen LogP contribution in [0.15, 0.2) is 29.4 Å². The Bertz CT molecular complexity index is 645. The van der Waals surface area contributed by atoms with Crippen molar-refractivity contribution < 1.29 is 0 Å². The van der Waals surface area contributed by atoms with E-state index >= 15 is 0 Å². The summed E-state index contributed by atoms with van der Waals surface area (Å²) >= 11 is 3.42. The molecule has 0 spiro atoms. The molecular formula is C14H16N4S2. The second-order valence-corrected chi connectivity index (χ2v) is 6.95. The number of thioether (sulfide) groups is 1. The van der Waals surface area contributed by atoms with E-state index in [2.05, 4.69) is 39.8 Å². The van der Waals surface area contributed by atoms with Gasteiger partial charge in [-0.3, -0.25) is 0 Å². The first-order chi connectivity index (χ1) is 9.61. The van der Waals surface area contributed by atoms with Crippen LogP contribution in [-0.4, -0.2) is 15.3 Å². The first-order valence-electron chi connectivity index (χ1n) is 6.41.